The predicted molar refractivity (Wildman–Crippen MR) is 104 cm³/mol. The fourth-order valence-corrected chi connectivity index (χ4v) is 3.71. The highest BCUT2D eigenvalue weighted by Crippen LogP contribution is 2.32. The number of fused-ring (bicyclic) bond motifs is 1. The summed E-state index contributed by atoms with van der Waals surface area (Å²) in [6, 6.07) is 13.7. The van der Waals surface area contributed by atoms with Crippen LogP contribution in [0, 0.1) is 5.92 Å². The van der Waals surface area contributed by atoms with Crippen LogP contribution in [0.5, 0.6) is 11.5 Å². The average Bonchev–Trinajstić information content (AvgIpc) is 3.16. The molecule has 0 radical (unpaired) electrons. The number of carbonyl (C=O) groups is 1. The Morgan fingerprint density at radius 3 is 2.52 bits per heavy atom. The first-order chi connectivity index (χ1) is 13.2. The molecule has 27 heavy (non-hydrogen) atoms. The van der Waals surface area contributed by atoms with Gasteiger partial charge in [-0.05, 0) is 61.3 Å². The summed E-state index contributed by atoms with van der Waals surface area (Å²) in [5.41, 5.74) is 2.28. The molecule has 2 aliphatic rings. The fourth-order valence-electron chi connectivity index (χ4n) is 3.59. The largest absolute Gasteiger partial charge is 0.454 e. The number of hydrogen-bond donors (Lipinski definition) is 1. The Morgan fingerprint density at radius 2 is 1.74 bits per heavy atom. The molecule has 0 bridgehead atoms. The molecular formula is C21H23ClN2O3. The maximum atomic E-state index is 12.5. The molecule has 1 amide bonds. The summed E-state index contributed by atoms with van der Waals surface area (Å²) in [7, 11) is 0. The summed E-state index contributed by atoms with van der Waals surface area (Å²) in [6.07, 6.45) is 1.78. The average molecular weight is 387 g/mol. The molecule has 1 fully saturated rings. The molecule has 2 aromatic carbocycles. The van der Waals surface area contributed by atoms with Crippen LogP contribution in [0.1, 0.15) is 24.0 Å². The van der Waals surface area contributed by atoms with Crippen molar-refractivity contribution >= 4 is 17.5 Å². The minimum absolute atomic E-state index is 0.0838. The Balaban J connectivity index is 1.23. The third-order valence-electron chi connectivity index (χ3n) is 5.18. The highest BCUT2D eigenvalue weighted by molar-refractivity contribution is 6.30. The van der Waals surface area contributed by atoms with Crippen LogP contribution in [0.4, 0.5) is 0 Å². The van der Waals surface area contributed by atoms with Gasteiger partial charge in [0.15, 0.2) is 11.5 Å². The van der Waals surface area contributed by atoms with E-state index in [9.17, 15) is 4.79 Å². The number of nitrogens with zero attached hydrogens (tertiary/aromatic N) is 1. The highest BCUT2D eigenvalue weighted by Gasteiger charge is 2.25. The van der Waals surface area contributed by atoms with Gasteiger partial charge >= 0.3 is 0 Å². The molecule has 5 nitrogen and oxygen atoms in total. The zero-order valence-electron chi connectivity index (χ0n) is 15.1. The maximum Gasteiger partial charge on any atom is 0.231 e. The van der Waals surface area contributed by atoms with E-state index in [1.165, 1.54) is 5.56 Å². The minimum Gasteiger partial charge on any atom is -0.454 e. The van der Waals surface area contributed by atoms with Crippen LogP contribution in [0.15, 0.2) is 42.5 Å². The third-order valence-corrected chi connectivity index (χ3v) is 5.43. The van der Waals surface area contributed by atoms with Gasteiger partial charge in [0, 0.05) is 24.0 Å². The highest BCUT2D eigenvalue weighted by atomic mass is 35.5. The van der Waals surface area contributed by atoms with Crippen LogP contribution in [0.2, 0.25) is 5.02 Å². The van der Waals surface area contributed by atoms with E-state index in [1.54, 1.807) is 0 Å². The number of nitrogens with one attached hydrogen (secondary N) is 1. The van der Waals surface area contributed by atoms with E-state index in [0.717, 1.165) is 54.6 Å². The molecule has 2 heterocycles. The molecule has 0 aliphatic carbocycles. The van der Waals surface area contributed by atoms with Crippen molar-refractivity contribution in [2.75, 3.05) is 19.9 Å². The zero-order valence-corrected chi connectivity index (χ0v) is 15.9. The first-order valence-corrected chi connectivity index (χ1v) is 9.68. The number of piperidine rings is 1. The van der Waals surface area contributed by atoms with Gasteiger partial charge in [0.1, 0.15) is 0 Å². The van der Waals surface area contributed by atoms with Gasteiger partial charge in [0.05, 0.1) is 0 Å². The summed E-state index contributed by atoms with van der Waals surface area (Å²) in [4.78, 5) is 14.9. The van der Waals surface area contributed by atoms with Gasteiger partial charge in [-0.1, -0.05) is 29.8 Å². The Morgan fingerprint density at radius 1 is 1.04 bits per heavy atom. The molecule has 0 unspecified atom stereocenters. The molecule has 0 aromatic heterocycles. The van der Waals surface area contributed by atoms with Gasteiger partial charge in [-0.25, -0.2) is 0 Å². The minimum atomic E-state index is 0.0838. The second-order valence-corrected chi connectivity index (χ2v) is 7.52. The van der Waals surface area contributed by atoms with Crippen molar-refractivity contribution < 1.29 is 14.3 Å². The number of halogens is 1. The van der Waals surface area contributed by atoms with Crippen molar-refractivity contribution in [2.45, 2.75) is 25.9 Å². The van der Waals surface area contributed by atoms with Crippen molar-refractivity contribution in [3.05, 3.63) is 58.6 Å². The molecule has 6 heteroatoms. The third kappa shape index (κ3) is 4.54. The van der Waals surface area contributed by atoms with E-state index in [4.69, 9.17) is 21.1 Å². The normalized spacial score (nSPS) is 17.1. The maximum absolute atomic E-state index is 12.5. The molecule has 2 aromatic rings. The van der Waals surface area contributed by atoms with E-state index < -0.39 is 0 Å². The summed E-state index contributed by atoms with van der Waals surface area (Å²) in [5, 5.41) is 3.82. The van der Waals surface area contributed by atoms with E-state index >= 15 is 0 Å². The number of rotatable bonds is 5. The van der Waals surface area contributed by atoms with E-state index in [1.807, 2.05) is 30.3 Å². The summed E-state index contributed by atoms with van der Waals surface area (Å²) >= 11 is 5.94. The number of ether oxygens (including phenoxy) is 2. The number of amides is 1. The van der Waals surface area contributed by atoms with Crippen molar-refractivity contribution in [3.63, 3.8) is 0 Å². The number of likely N-dealkylation sites (tertiary alicyclic amines) is 1. The quantitative estimate of drug-likeness (QED) is 0.853. The lowest BCUT2D eigenvalue weighted by molar-refractivity contribution is -0.126. The summed E-state index contributed by atoms with van der Waals surface area (Å²) in [5.74, 6) is 1.73. The second-order valence-electron chi connectivity index (χ2n) is 7.08. The van der Waals surface area contributed by atoms with Crippen LogP contribution in [-0.4, -0.2) is 30.7 Å². The van der Waals surface area contributed by atoms with Gasteiger partial charge < -0.3 is 14.8 Å². The molecular weight excluding hydrogens is 364 g/mol. The SMILES string of the molecule is O=C(NCc1ccc2c(c1)OCO2)C1CCN(Cc2ccc(Cl)cc2)CC1. The Kier molecular flexibility index (Phi) is 5.50. The topological polar surface area (TPSA) is 50.8 Å². The Hall–Kier alpha value is -2.24. The van der Waals surface area contributed by atoms with Crippen molar-refractivity contribution in [2.24, 2.45) is 5.92 Å². The van der Waals surface area contributed by atoms with Crippen LogP contribution in [-0.2, 0) is 17.9 Å². The van der Waals surface area contributed by atoms with Crippen molar-refractivity contribution in [1.82, 2.24) is 10.2 Å². The van der Waals surface area contributed by atoms with E-state index in [-0.39, 0.29) is 18.6 Å². The summed E-state index contributed by atoms with van der Waals surface area (Å²) < 4.78 is 10.7. The van der Waals surface area contributed by atoms with E-state index in [0.29, 0.717) is 6.54 Å². The first kappa shape index (κ1) is 18.1. The second kappa shape index (κ2) is 8.19. The predicted octanol–water partition coefficient (Wildman–Crippen LogP) is 3.60. The van der Waals surface area contributed by atoms with Crippen molar-refractivity contribution in [1.29, 1.82) is 0 Å². The Bertz CT molecular complexity index is 802. The standard InChI is InChI=1S/C21H23ClN2O3/c22-18-4-1-15(2-5-18)13-24-9-7-17(8-10-24)21(25)23-12-16-3-6-19-20(11-16)27-14-26-19/h1-6,11,17H,7-10,12-14H2,(H,23,25). The number of carbonyl (C=O) groups excluding carboxylic acids is 1. The van der Waals surface area contributed by atoms with Crippen LogP contribution < -0.4 is 14.8 Å². The fraction of sp³-hybridized carbons (Fsp3) is 0.381. The molecule has 0 atom stereocenters. The molecule has 0 spiro atoms. The number of benzene rings is 2. The molecule has 1 saturated heterocycles. The molecule has 142 valence electrons. The monoisotopic (exact) mass is 386 g/mol. The molecule has 0 saturated carbocycles. The molecule has 4 rings (SSSR count). The van der Waals surface area contributed by atoms with Gasteiger partial charge in [0.2, 0.25) is 12.7 Å². The lowest BCUT2D eigenvalue weighted by atomic mass is 9.95. The smallest absolute Gasteiger partial charge is 0.231 e. The van der Waals surface area contributed by atoms with E-state index in [2.05, 4.69) is 22.3 Å². The summed E-state index contributed by atoms with van der Waals surface area (Å²) in [6.45, 7) is 3.55. The van der Waals surface area contributed by atoms with Crippen LogP contribution in [0.25, 0.3) is 0 Å². The van der Waals surface area contributed by atoms with Gasteiger partial charge in [-0.15, -0.1) is 0 Å². The molecule has 2 aliphatic heterocycles. The zero-order chi connectivity index (χ0) is 18.6. The van der Waals surface area contributed by atoms with Crippen molar-refractivity contribution in [3.8, 4) is 11.5 Å². The molecule has 1 N–H and O–H groups in total. The van der Waals surface area contributed by atoms with Gasteiger partial charge in [0.25, 0.3) is 0 Å². The number of hydrogen-bond acceptors (Lipinski definition) is 4. The van der Waals surface area contributed by atoms with Gasteiger partial charge in [-0.3, -0.25) is 9.69 Å². The lowest BCUT2D eigenvalue weighted by Crippen LogP contribution is -2.40. The van der Waals surface area contributed by atoms with Crippen LogP contribution >= 0.6 is 11.6 Å². The van der Waals surface area contributed by atoms with Crippen LogP contribution in [0.3, 0.4) is 0 Å². The lowest BCUT2D eigenvalue weighted by Gasteiger charge is -2.31. The van der Waals surface area contributed by atoms with Gasteiger partial charge in [-0.2, -0.15) is 0 Å². The Labute approximate surface area is 164 Å². The first-order valence-electron chi connectivity index (χ1n) is 9.30.